The summed E-state index contributed by atoms with van der Waals surface area (Å²) in [6.45, 7) is 7.27. The summed E-state index contributed by atoms with van der Waals surface area (Å²) >= 11 is 0. The van der Waals surface area contributed by atoms with Gasteiger partial charge in [-0.3, -0.25) is 4.79 Å². The number of ether oxygens (including phenoxy) is 1. The molecule has 1 aliphatic carbocycles. The van der Waals surface area contributed by atoms with E-state index in [1.54, 1.807) is 20.8 Å². The number of carbonyl (C=O) groups is 2. The molecule has 124 valence electrons. The van der Waals surface area contributed by atoms with Gasteiger partial charge in [0.25, 0.3) is 0 Å². The lowest BCUT2D eigenvalue weighted by Crippen LogP contribution is -2.55. The smallest absolute Gasteiger partial charge is 0.408 e. The van der Waals surface area contributed by atoms with E-state index in [4.69, 9.17) is 10.00 Å². The molecular weight excluding hydrogens is 282 g/mol. The minimum atomic E-state index is -0.600. The molecule has 0 saturated heterocycles. The van der Waals surface area contributed by atoms with Crippen molar-refractivity contribution in [1.29, 1.82) is 5.26 Å². The molecule has 6 heteroatoms. The second-order valence-electron chi connectivity index (χ2n) is 6.79. The highest BCUT2D eigenvalue weighted by Crippen LogP contribution is 2.30. The summed E-state index contributed by atoms with van der Waals surface area (Å²) in [5.41, 5.74) is -0.600. The fourth-order valence-corrected chi connectivity index (χ4v) is 2.30. The van der Waals surface area contributed by atoms with Crippen molar-refractivity contribution < 1.29 is 14.3 Å². The molecule has 0 unspecified atom stereocenters. The molecule has 0 radical (unpaired) electrons. The molecule has 0 bridgehead atoms. The van der Waals surface area contributed by atoms with E-state index in [1.807, 2.05) is 6.92 Å². The molecule has 1 rings (SSSR count). The van der Waals surface area contributed by atoms with E-state index in [1.165, 1.54) is 0 Å². The van der Waals surface area contributed by atoms with E-state index in [-0.39, 0.29) is 24.3 Å². The van der Waals surface area contributed by atoms with Crippen molar-refractivity contribution in [3.05, 3.63) is 0 Å². The molecule has 0 spiro atoms. The van der Waals surface area contributed by atoms with Crippen LogP contribution in [0.15, 0.2) is 0 Å². The third-order valence-corrected chi connectivity index (χ3v) is 3.75. The van der Waals surface area contributed by atoms with Gasteiger partial charge in [0, 0.05) is 6.04 Å². The topological polar surface area (TPSA) is 91.2 Å². The van der Waals surface area contributed by atoms with Crippen molar-refractivity contribution in [2.45, 2.75) is 77.5 Å². The van der Waals surface area contributed by atoms with E-state index in [0.29, 0.717) is 6.42 Å². The predicted molar refractivity (Wildman–Crippen MR) is 83.0 cm³/mol. The molecule has 2 N–H and O–H groups in total. The van der Waals surface area contributed by atoms with Gasteiger partial charge in [0.05, 0.1) is 12.5 Å². The number of nitrogens with zero attached hydrogens (tertiary/aromatic N) is 1. The van der Waals surface area contributed by atoms with E-state index in [0.717, 1.165) is 19.3 Å². The van der Waals surface area contributed by atoms with Crippen molar-refractivity contribution >= 4 is 12.0 Å². The van der Waals surface area contributed by atoms with Gasteiger partial charge in [-0.2, -0.15) is 5.26 Å². The fourth-order valence-electron chi connectivity index (χ4n) is 2.30. The first kappa shape index (κ1) is 18.3. The summed E-state index contributed by atoms with van der Waals surface area (Å²) in [7, 11) is 0. The highest BCUT2D eigenvalue weighted by Gasteiger charge is 2.35. The lowest BCUT2D eigenvalue weighted by atomic mass is 9.79. The number of nitrogens with one attached hydrogen (secondary N) is 2. The Morgan fingerprint density at radius 1 is 1.32 bits per heavy atom. The molecule has 22 heavy (non-hydrogen) atoms. The largest absolute Gasteiger partial charge is 0.444 e. The van der Waals surface area contributed by atoms with Crippen LogP contribution in [-0.4, -0.2) is 29.7 Å². The number of rotatable bonds is 6. The lowest BCUT2D eigenvalue weighted by Gasteiger charge is -2.34. The summed E-state index contributed by atoms with van der Waals surface area (Å²) in [5, 5.41) is 14.3. The minimum absolute atomic E-state index is 0.145. The maximum atomic E-state index is 12.4. The van der Waals surface area contributed by atoms with Crippen LogP contribution in [0.2, 0.25) is 0 Å². The van der Waals surface area contributed by atoms with Crippen molar-refractivity contribution in [3.63, 3.8) is 0 Å². The Morgan fingerprint density at radius 3 is 2.36 bits per heavy atom. The Balaban J connectivity index is 2.66. The quantitative estimate of drug-likeness (QED) is 0.788. The maximum absolute atomic E-state index is 12.4. The van der Waals surface area contributed by atoms with Crippen LogP contribution in [0.25, 0.3) is 0 Å². The zero-order valence-corrected chi connectivity index (χ0v) is 13.9. The average molecular weight is 309 g/mol. The van der Waals surface area contributed by atoms with Crippen LogP contribution in [-0.2, 0) is 9.53 Å². The fraction of sp³-hybridized carbons (Fsp3) is 0.812. The second-order valence-corrected chi connectivity index (χ2v) is 6.79. The lowest BCUT2D eigenvalue weighted by molar-refractivity contribution is -0.126. The van der Waals surface area contributed by atoms with Gasteiger partial charge in [0.15, 0.2) is 0 Å². The third-order valence-electron chi connectivity index (χ3n) is 3.75. The Morgan fingerprint density at radius 2 is 1.95 bits per heavy atom. The van der Waals surface area contributed by atoms with Crippen LogP contribution in [0.3, 0.4) is 0 Å². The van der Waals surface area contributed by atoms with Gasteiger partial charge < -0.3 is 15.4 Å². The molecular formula is C16H27N3O3. The summed E-state index contributed by atoms with van der Waals surface area (Å²) in [5.74, 6) is -0.0789. The van der Waals surface area contributed by atoms with Crippen LogP contribution in [0, 0.1) is 17.2 Å². The molecule has 0 aromatic heterocycles. The van der Waals surface area contributed by atoms with Crippen molar-refractivity contribution in [2.24, 2.45) is 5.92 Å². The van der Waals surface area contributed by atoms with Gasteiger partial charge in [-0.1, -0.05) is 13.3 Å². The van der Waals surface area contributed by atoms with E-state index in [9.17, 15) is 9.59 Å². The number of hydrogen-bond acceptors (Lipinski definition) is 4. The van der Waals surface area contributed by atoms with Crippen LogP contribution >= 0.6 is 0 Å². The second kappa shape index (κ2) is 8.02. The standard InChI is InChI=1S/C16H27N3O3/c1-5-12(9-10-17)18-14(20)13(11-7-6-8-11)19-15(21)22-16(2,3)4/h11-13H,5-9H2,1-4H3,(H,18,20)(H,19,21)/t12-,13+/m1/s1. The van der Waals surface area contributed by atoms with Gasteiger partial charge in [0.2, 0.25) is 5.91 Å². The van der Waals surface area contributed by atoms with Crippen LogP contribution in [0.5, 0.6) is 0 Å². The van der Waals surface area contributed by atoms with Crippen LogP contribution in [0.4, 0.5) is 4.79 Å². The highest BCUT2D eigenvalue weighted by atomic mass is 16.6. The average Bonchev–Trinajstić information content (AvgIpc) is 2.32. The Bertz CT molecular complexity index is 433. The number of hydrogen-bond donors (Lipinski definition) is 2. The zero-order chi connectivity index (χ0) is 16.8. The van der Waals surface area contributed by atoms with E-state index in [2.05, 4.69) is 16.7 Å². The molecule has 1 saturated carbocycles. The third kappa shape index (κ3) is 5.92. The molecule has 0 aliphatic heterocycles. The predicted octanol–water partition coefficient (Wildman–Crippen LogP) is 2.49. The van der Waals surface area contributed by atoms with Gasteiger partial charge in [-0.25, -0.2) is 4.79 Å². The maximum Gasteiger partial charge on any atom is 0.408 e. The van der Waals surface area contributed by atoms with Crippen LogP contribution < -0.4 is 10.6 Å². The van der Waals surface area contributed by atoms with Gasteiger partial charge in [0.1, 0.15) is 11.6 Å². The molecule has 2 amide bonds. The molecule has 0 aromatic carbocycles. The monoisotopic (exact) mass is 309 g/mol. The first-order valence-corrected chi connectivity index (χ1v) is 7.93. The first-order chi connectivity index (χ1) is 10.3. The summed E-state index contributed by atoms with van der Waals surface area (Å²) in [6, 6.07) is 1.30. The number of nitriles is 1. The highest BCUT2D eigenvalue weighted by molar-refractivity contribution is 5.86. The molecule has 0 heterocycles. The van der Waals surface area contributed by atoms with Crippen molar-refractivity contribution in [2.75, 3.05) is 0 Å². The summed E-state index contributed by atoms with van der Waals surface area (Å²) in [6.07, 6.45) is 3.29. The molecule has 0 aromatic rings. The first-order valence-electron chi connectivity index (χ1n) is 7.93. The number of alkyl carbamates (subject to hydrolysis) is 1. The van der Waals surface area contributed by atoms with Gasteiger partial charge >= 0.3 is 6.09 Å². The Hall–Kier alpha value is -1.77. The van der Waals surface area contributed by atoms with E-state index >= 15 is 0 Å². The molecule has 2 atom stereocenters. The van der Waals surface area contributed by atoms with Gasteiger partial charge in [-0.15, -0.1) is 0 Å². The Labute approximate surface area is 132 Å². The molecule has 6 nitrogen and oxygen atoms in total. The van der Waals surface area contributed by atoms with E-state index < -0.39 is 17.7 Å². The summed E-state index contributed by atoms with van der Waals surface area (Å²) < 4.78 is 5.23. The summed E-state index contributed by atoms with van der Waals surface area (Å²) in [4.78, 5) is 24.4. The molecule has 1 aliphatic rings. The number of amides is 2. The van der Waals surface area contributed by atoms with Crippen molar-refractivity contribution in [3.8, 4) is 6.07 Å². The van der Waals surface area contributed by atoms with Crippen LogP contribution in [0.1, 0.15) is 59.8 Å². The van der Waals surface area contributed by atoms with Crippen molar-refractivity contribution in [1.82, 2.24) is 10.6 Å². The van der Waals surface area contributed by atoms with Gasteiger partial charge in [-0.05, 0) is 46.0 Å². The normalized spacial score (nSPS) is 17.6. The number of carbonyl (C=O) groups excluding carboxylic acids is 2. The zero-order valence-electron chi connectivity index (χ0n) is 13.9. The SMILES string of the molecule is CC[C@H](CC#N)NC(=O)[C@@H](NC(=O)OC(C)(C)C)C1CCC1. The minimum Gasteiger partial charge on any atom is -0.444 e. The molecule has 1 fully saturated rings. The Kier molecular flexibility index (Phi) is 6.66.